The predicted molar refractivity (Wildman–Crippen MR) is 103 cm³/mol. The molecule has 0 saturated heterocycles. The molecule has 1 aromatic heterocycles. The number of carbonyl (C=O) groups is 2. The summed E-state index contributed by atoms with van der Waals surface area (Å²) in [4.78, 5) is 26.8. The molecule has 2 amide bonds. The average molecular weight is 368 g/mol. The van der Waals surface area contributed by atoms with Crippen LogP contribution in [0.15, 0.2) is 54.6 Å². The third kappa shape index (κ3) is 4.15. The number of rotatable bonds is 4. The minimum Gasteiger partial charge on any atom is -0.322 e. The Morgan fingerprint density at radius 1 is 0.885 bits per heavy atom. The molecule has 0 radical (unpaired) electrons. The fourth-order valence-corrected chi connectivity index (χ4v) is 3.48. The summed E-state index contributed by atoms with van der Waals surface area (Å²) in [5, 5.41) is 5.44. The summed E-state index contributed by atoms with van der Waals surface area (Å²) in [6.07, 6.45) is 0. The molecule has 132 valence electrons. The van der Waals surface area contributed by atoms with Gasteiger partial charge < -0.3 is 10.6 Å². The molecular formula is C20H17FN2O2S. The summed E-state index contributed by atoms with van der Waals surface area (Å²) in [6, 6.07) is 14.1. The van der Waals surface area contributed by atoms with Gasteiger partial charge in [0, 0.05) is 26.7 Å². The van der Waals surface area contributed by atoms with E-state index in [9.17, 15) is 14.0 Å². The molecule has 0 atom stereocenters. The summed E-state index contributed by atoms with van der Waals surface area (Å²) < 4.78 is 13.2. The number of amides is 2. The molecule has 0 fully saturated rings. The normalized spacial score (nSPS) is 10.4. The number of carbonyl (C=O) groups excluding carboxylic acids is 2. The summed E-state index contributed by atoms with van der Waals surface area (Å²) in [7, 11) is 0. The van der Waals surface area contributed by atoms with Crippen molar-refractivity contribution in [2.45, 2.75) is 13.8 Å². The summed E-state index contributed by atoms with van der Waals surface area (Å²) in [5.74, 6) is -1.02. The minimum atomic E-state index is -0.426. The van der Waals surface area contributed by atoms with Crippen molar-refractivity contribution in [3.63, 3.8) is 0 Å². The fourth-order valence-electron chi connectivity index (χ4n) is 2.56. The van der Waals surface area contributed by atoms with Gasteiger partial charge in [-0.2, -0.15) is 0 Å². The van der Waals surface area contributed by atoms with E-state index in [-0.39, 0.29) is 11.8 Å². The minimum absolute atomic E-state index is 0.213. The van der Waals surface area contributed by atoms with E-state index in [1.807, 2.05) is 19.9 Å². The van der Waals surface area contributed by atoms with Crippen LogP contribution in [0.3, 0.4) is 0 Å². The standard InChI is InChI=1S/C20H17FN2O2S/c1-12-9-18(13(2)26-12)20(25)23-16-7-3-5-14(10-16)19(24)22-17-8-4-6-15(21)11-17/h3-11H,1-2H3,(H,22,24)(H,23,25). The topological polar surface area (TPSA) is 58.2 Å². The quantitative estimate of drug-likeness (QED) is 0.680. The number of benzene rings is 2. The third-order valence-corrected chi connectivity index (χ3v) is 4.72. The molecule has 0 aliphatic heterocycles. The molecule has 1 heterocycles. The van der Waals surface area contributed by atoms with Gasteiger partial charge in [-0.05, 0) is 56.3 Å². The van der Waals surface area contributed by atoms with Gasteiger partial charge in [0.1, 0.15) is 5.82 Å². The predicted octanol–water partition coefficient (Wildman–Crippen LogP) is 5.01. The van der Waals surface area contributed by atoms with Crippen LogP contribution in [0.4, 0.5) is 15.8 Å². The van der Waals surface area contributed by atoms with Crippen molar-refractivity contribution in [1.29, 1.82) is 0 Å². The van der Waals surface area contributed by atoms with Crippen molar-refractivity contribution in [3.05, 3.63) is 81.3 Å². The Morgan fingerprint density at radius 2 is 1.54 bits per heavy atom. The second kappa shape index (κ2) is 7.49. The number of halogens is 1. The Kier molecular flexibility index (Phi) is 5.14. The smallest absolute Gasteiger partial charge is 0.256 e. The number of aryl methyl sites for hydroxylation is 2. The molecule has 3 rings (SSSR count). The number of anilines is 2. The van der Waals surface area contributed by atoms with E-state index < -0.39 is 5.82 Å². The monoisotopic (exact) mass is 368 g/mol. The lowest BCUT2D eigenvalue weighted by Crippen LogP contribution is -2.14. The highest BCUT2D eigenvalue weighted by Crippen LogP contribution is 2.22. The summed E-state index contributed by atoms with van der Waals surface area (Å²) >= 11 is 1.56. The number of hydrogen-bond acceptors (Lipinski definition) is 3. The van der Waals surface area contributed by atoms with Gasteiger partial charge in [0.15, 0.2) is 0 Å². The van der Waals surface area contributed by atoms with Gasteiger partial charge in [-0.25, -0.2) is 4.39 Å². The number of thiophene rings is 1. The molecule has 0 unspecified atom stereocenters. The average Bonchev–Trinajstić information content (AvgIpc) is 2.93. The highest BCUT2D eigenvalue weighted by molar-refractivity contribution is 7.12. The zero-order valence-electron chi connectivity index (χ0n) is 14.3. The van der Waals surface area contributed by atoms with Crippen molar-refractivity contribution in [1.82, 2.24) is 0 Å². The Balaban J connectivity index is 1.74. The number of nitrogens with one attached hydrogen (secondary N) is 2. The SMILES string of the molecule is Cc1cc(C(=O)Nc2cccc(C(=O)Nc3cccc(F)c3)c2)c(C)s1. The van der Waals surface area contributed by atoms with Crippen LogP contribution in [0, 0.1) is 19.7 Å². The van der Waals surface area contributed by atoms with E-state index in [2.05, 4.69) is 10.6 Å². The second-order valence-electron chi connectivity index (χ2n) is 5.83. The van der Waals surface area contributed by atoms with Crippen molar-refractivity contribution in [3.8, 4) is 0 Å². The Morgan fingerprint density at radius 3 is 2.19 bits per heavy atom. The van der Waals surface area contributed by atoms with E-state index >= 15 is 0 Å². The Hall–Kier alpha value is -2.99. The van der Waals surface area contributed by atoms with Crippen LogP contribution in [0.25, 0.3) is 0 Å². The zero-order valence-corrected chi connectivity index (χ0v) is 15.1. The van der Waals surface area contributed by atoms with E-state index in [0.29, 0.717) is 22.5 Å². The maximum Gasteiger partial charge on any atom is 0.256 e. The van der Waals surface area contributed by atoms with E-state index in [1.165, 1.54) is 18.2 Å². The van der Waals surface area contributed by atoms with Crippen molar-refractivity contribution < 1.29 is 14.0 Å². The molecular weight excluding hydrogens is 351 g/mol. The lowest BCUT2D eigenvalue weighted by molar-refractivity contribution is 0.101. The first kappa shape index (κ1) is 17.8. The van der Waals surface area contributed by atoms with E-state index in [4.69, 9.17) is 0 Å². The molecule has 0 aliphatic carbocycles. The molecule has 3 aromatic rings. The first-order valence-corrected chi connectivity index (χ1v) is 8.79. The van der Waals surface area contributed by atoms with Gasteiger partial charge in [0.25, 0.3) is 11.8 Å². The first-order valence-electron chi connectivity index (χ1n) is 7.98. The molecule has 2 aromatic carbocycles. The first-order chi connectivity index (χ1) is 12.4. The van der Waals surface area contributed by atoms with Crippen LogP contribution in [0.1, 0.15) is 30.5 Å². The molecule has 26 heavy (non-hydrogen) atoms. The maximum atomic E-state index is 13.2. The largest absolute Gasteiger partial charge is 0.322 e. The van der Waals surface area contributed by atoms with Gasteiger partial charge in [0.2, 0.25) is 0 Å². The molecule has 0 bridgehead atoms. The van der Waals surface area contributed by atoms with Crippen LogP contribution in [-0.4, -0.2) is 11.8 Å². The van der Waals surface area contributed by atoms with Crippen molar-refractivity contribution in [2.75, 3.05) is 10.6 Å². The van der Waals surface area contributed by atoms with E-state index in [0.717, 1.165) is 9.75 Å². The molecule has 0 spiro atoms. The highest BCUT2D eigenvalue weighted by atomic mass is 32.1. The summed E-state index contributed by atoms with van der Waals surface area (Å²) in [5.41, 5.74) is 1.88. The zero-order chi connectivity index (χ0) is 18.7. The van der Waals surface area contributed by atoms with Crippen LogP contribution in [0.2, 0.25) is 0 Å². The van der Waals surface area contributed by atoms with Gasteiger partial charge in [-0.3, -0.25) is 9.59 Å². The maximum absolute atomic E-state index is 13.2. The highest BCUT2D eigenvalue weighted by Gasteiger charge is 2.13. The molecule has 4 nitrogen and oxygen atoms in total. The van der Waals surface area contributed by atoms with Crippen molar-refractivity contribution in [2.24, 2.45) is 0 Å². The Labute approximate surface area is 154 Å². The Bertz CT molecular complexity index is 981. The van der Waals surface area contributed by atoms with Crippen LogP contribution < -0.4 is 10.6 Å². The summed E-state index contributed by atoms with van der Waals surface area (Å²) in [6.45, 7) is 3.85. The van der Waals surface area contributed by atoms with Crippen LogP contribution in [-0.2, 0) is 0 Å². The van der Waals surface area contributed by atoms with E-state index in [1.54, 1.807) is 41.7 Å². The van der Waals surface area contributed by atoms with Gasteiger partial charge in [-0.15, -0.1) is 11.3 Å². The number of hydrogen-bond donors (Lipinski definition) is 2. The van der Waals surface area contributed by atoms with Gasteiger partial charge in [0.05, 0.1) is 5.56 Å². The molecule has 2 N–H and O–H groups in total. The lowest BCUT2D eigenvalue weighted by Gasteiger charge is -2.08. The molecule has 0 saturated carbocycles. The van der Waals surface area contributed by atoms with Gasteiger partial charge >= 0.3 is 0 Å². The third-order valence-electron chi connectivity index (χ3n) is 3.75. The lowest BCUT2D eigenvalue weighted by atomic mass is 10.1. The van der Waals surface area contributed by atoms with Crippen molar-refractivity contribution >= 4 is 34.5 Å². The second-order valence-corrected chi connectivity index (χ2v) is 7.29. The van der Waals surface area contributed by atoms with Gasteiger partial charge in [-0.1, -0.05) is 12.1 Å². The molecule has 6 heteroatoms. The van der Waals surface area contributed by atoms with Crippen LogP contribution in [0.5, 0.6) is 0 Å². The fraction of sp³-hybridized carbons (Fsp3) is 0.100. The molecule has 0 aliphatic rings. The van der Waals surface area contributed by atoms with Crippen LogP contribution >= 0.6 is 11.3 Å².